The molecule has 6 heteroatoms. The van der Waals surface area contributed by atoms with Gasteiger partial charge in [-0.15, -0.1) is 24.8 Å². The van der Waals surface area contributed by atoms with Crippen LogP contribution < -0.4 is 11.5 Å². The molecule has 0 aromatic carbocycles. The Kier molecular flexibility index (Phi) is 10.7. The van der Waals surface area contributed by atoms with Crippen LogP contribution in [0.4, 0.5) is 0 Å². The lowest BCUT2D eigenvalue weighted by Gasteiger charge is -2.11. The quantitative estimate of drug-likeness (QED) is 0.597. The van der Waals surface area contributed by atoms with Crippen molar-refractivity contribution >= 4 is 46.4 Å². The summed E-state index contributed by atoms with van der Waals surface area (Å²) in [6.07, 6.45) is 7.69. The largest absolute Gasteiger partial charge is 0.328 e. The number of rotatable bonds is 5. The number of hydrogen-bond acceptors (Lipinski definition) is 4. The summed E-state index contributed by atoms with van der Waals surface area (Å²) < 4.78 is 0. The van der Waals surface area contributed by atoms with Gasteiger partial charge in [-0.3, -0.25) is 0 Å². The fourth-order valence-corrected chi connectivity index (χ4v) is 5.73. The van der Waals surface area contributed by atoms with Gasteiger partial charge in [-0.2, -0.15) is 0 Å². The summed E-state index contributed by atoms with van der Waals surface area (Å²) in [4.78, 5) is 0. The van der Waals surface area contributed by atoms with Crippen LogP contribution in [0.25, 0.3) is 0 Å². The molecule has 2 fully saturated rings. The van der Waals surface area contributed by atoms with Crippen molar-refractivity contribution in [3.05, 3.63) is 0 Å². The van der Waals surface area contributed by atoms with Crippen molar-refractivity contribution < 1.29 is 0 Å². The molecule has 0 aromatic heterocycles. The van der Waals surface area contributed by atoms with Crippen LogP contribution in [-0.4, -0.2) is 23.6 Å². The summed E-state index contributed by atoms with van der Waals surface area (Å²) in [5, 5.41) is 0. The normalized spacial score (nSPS) is 35.0. The summed E-state index contributed by atoms with van der Waals surface area (Å²) in [5.74, 6) is 4.38. The Labute approximate surface area is 131 Å². The van der Waals surface area contributed by atoms with E-state index in [-0.39, 0.29) is 24.8 Å². The maximum absolute atomic E-state index is 5.91. The average molecular weight is 333 g/mol. The number of hydrogen-bond donors (Lipinski definition) is 2. The van der Waals surface area contributed by atoms with Gasteiger partial charge in [-0.1, -0.05) is 21.6 Å². The number of halogens is 2. The van der Waals surface area contributed by atoms with E-state index in [1.54, 1.807) is 0 Å². The fraction of sp³-hybridized carbons (Fsp3) is 1.00. The van der Waals surface area contributed by atoms with Crippen molar-refractivity contribution in [3.8, 4) is 0 Å². The highest BCUT2D eigenvalue weighted by atomic mass is 35.5. The Hall–Kier alpha value is 1.20. The fourth-order valence-electron chi connectivity index (χ4n) is 2.82. The van der Waals surface area contributed by atoms with Crippen molar-refractivity contribution in [2.75, 3.05) is 11.5 Å². The Balaban J connectivity index is 0.00000144. The topological polar surface area (TPSA) is 52.0 Å². The predicted octanol–water partition coefficient (Wildman–Crippen LogP) is 3.47. The van der Waals surface area contributed by atoms with Crippen molar-refractivity contribution in [1.29, 1.82) is 0 Å². The molecule has 110 valence electrons. The molecule has 2 aliphatic carbocycles. The van der Waals surface area contributed by atoms with Crippen LogP contribution in [0.3, 0.4) is 0 Å². The van der Waals surface area contributed by atoms with E-state index in [1.807, 2.05) is 0 Å². The first-order valence-electron chi connectivity index (χ1n) is 6.49. The number of nitrogens with two attached hydrogens (primary N) is 2. The molecule has 0 bridgehead atoms. The van der Waals surface area contributed by atoms with Crippen molar-refractivity contribution in [1.82, 2.24) is 0 Å². The van der Waals surface area contributed by atoms with Crippen LogP contribution >= 0.6 is 46.4 Å². The molecule has 0 unspecified atom stereocenters. The van der Waals surface area contributed by atoms with E-state index in [1.165, 1.54) is 50.0 Å². The Morgan fingerprint density at radius 3 is 1.39 bits per heavy atom. The molecule has 0 saturated heterocycles. The SMILES string of the molecule is Cl.Cl.N[C@@H]1CC[C@H](CSSC[C@@H]2CC[C@H](N)C2)C1. The van der Waals surface area contributed by atoms with Crippen LogP contribution in [0, 0.1) is 11.8 Å². The Morgan fingerprint density at radius 2 is 1.11 bits per heavy atom. The lowest BCUT2D eigenvalue weighted by molar-refractivity contribution is 0.602. The Bertz CT molecular complexity index is 200. The molecule has 0 aromatic rings. The van der Waals surface area contributed by atoms with Crippen LogP contribution in [-0.2, 0) is 0 Å². The second kappa shape index (κ2) is 10.0. The third kappa shape index (κ3) is 6.58. The molecule has 4 atom stereocenters. The molecule has 18 heavy (non-hydrogen) atoms. The maximum atomic E-state index is 5.91. The highest BCUT2D eigenvalue weighted by Crippen LogP contribution is 2.35. The van der Waals surface area contributed by atoms with Gasteiger partial charge in [0.05, 0.1) is 0 Å². The lowest BCUT2D eigenvalue weighted by Crippen LogP contribution is -2.15. The summed E-state index contributed by atoms with van der Waals surface area (Å²) in [7, 11) is 4.12. The second-order valence-electron chi connectivity index (χ2n) is 5.45. The zero-order chi connectivity index (χ0) is 11.4. The minimum Gasteiger partial charge on any atom is -0.328 e. The van der Waals surface area contributed by atoms with E-state index < -0.39 is 0 Å². The molecule has 0 aliphatic heterocycles. The van der Waals surface area contributed by atoms with Crippen molar-refractivity contribution in [2.24, 2.45) is 23.3 Å². The third-order valence-electron chi connectivity index (χ3n) is 3.85. The van der Waals surface area contributed by atoms with Crippen molar-refractivity contribution in [3.63, 3.8) is 0 Å². The first-order chi connectivity index (χ1) is 7.74. The van der Waals surface area contributed by atoms with Crippen molar-refractivity contribution in [2.45, 2.75) is 50.6 Å². The molecule has 0 spiro atoms. The standard InChI is InChI=1S/C12H24N2S2.2ClH/c13-11-3-1-9(5-11)7-15-16-8-10-2-4-12(14)6-10;;/h9-12H,1-8,13-14H2;2*1H/t9-,10+,11+,12-;;. The van der Waals surface area contributed by atoms with E-state index in [4.69, 9.17) is 11.5 Å². The molecule has 0 radical (unpaired) electrons. The molecular formula is C12H26Cl2N2S2. The van der Waals surface area contributed by atoms with E-state index >= 15 is 0 Å². The molecule has 0 amide bonds. The summed E-state index contributed by atoms with van der Waals surface area (Å²) in [5.41, 5.74) is 11.8. The molecule has 2 aliphatic rings. The van der Waals surface area contributed by atoms with E-state index in [0.717, 1.165) is 11.8 Å². The third-order valence-corrected chi connectivity index (χ3v) is 6.55. The monoisotopic (exact) mass is 332 g/mol. The zero-order valence-corrected chi connectivity index (χ0v) is 14.0. The predicted molar refractivity (Wildman–Crippen MR) is 90.0 cm³/mol. The van der Waals surface area contributed by atoms with Gasteiger partial charge in [-0.25, -0.2) is 0 Å². The molecule has 2 rings (SSSR count). The van der Waals surface area contributed by atoms with Crippen LogP contribution in [0.1, 0.15) is 38.5 Å². The summed E-state index contributed by atoms with van der Waals surface area (Å²) in [6, 6.07) is 0.979. The van der Waals surface area contributed by atoms with Gasteiger partial charge >= 0.3 is 0 Å². The van der Waals surface area contributed by atoms with Crippen LogP contribution in [0.5, 0.6) is 0 Å². The second-order valence-corrected chi connectivity index (χ2v) is 8.00. The molecule has 0 heterocycles. The molecule has 4 N–H and O–H groups in total. The van der Waals surface area contributed by atoms with Gasteiger partial charge in [0.15, 0.2) is 0 Å². The van der Waals surface area contributed by atoms with Gasteiger partial charge in [-0.05, 0) is 50.4 Å². The first kappa shape index (κ1) is 19.2. The highest BCUT2D eigenvalue weighted by Gasteiger charge is 2.23. The van der Waals surface area contributed by atoms with E-state index in [9.17, 15) is 0 Å². The minimum absolute atomic E-state index is 0. The van der Waals surface area contributed by atoms with Gasteiger partial charge < -0.3 is 11.5 Å². The van der Waals surface area contributed by atoms with Gasteiger partial charge in [0.2, 0.25) is 0 Å². The first-order valence-corrected chi connectivity index (χ1v) is 8.98. The minimum atomic E-state index is 0. The van der Waals surface area contributed by atoms with Gasteiger partial charge in [0.25, 0.3) is 0 Å². The van der Waals surface area contributed by atoms with Crippen LogP contribution in [0.2, 0.25) is 0 Å². The van der Waals surface area contributed by atoms with Crippen LogP contribution in [0.15, 0.2) is 0 Å². The smallest absolute Gasteiger partial charge is 0.00659 e. The van der Waals surface area contributed by atoms with Gasteiger partial charge in [0, 0.05) is 23.6 Å². The summed E-state index contributed by atoms with van der Waals surface area (Å²) >= 11 is 0. The average Bonchev–Trinajstić information content (AvgIpc) is 2.83. The van der Waals surface area contributed by atoms with Gasteiger partial charge in [0.1, 0.15) is 0 Å². The van der Waals surface area contributed by atoms with E-state index in [0.29, 0.717) is 12.1 Å². The summed E-state index contributed by atoms with van der Waals surface area (Å²) in [6.45, 7) is 0. The van der Waals surface area contributed by atoms with E-state index in [2.05, 4.69) is 21.6 Å². The Morgan fingerprint density at radius 1 is 0.722 bits per heavy atom. The molecule has 2 nitrogen and oxygen atoms in total. The zero-order valence-electron chi connectivity index (χ0n) is 10.8. The maximum Gasteiger partial charge on any atom is 0.00659 e. The lowest BCUT2D eigenvalue weighted by atomic mass is 10.1. The molecular weight excluding hydrogens is 307 g/mol. The molecule has 2 saturated carbocycles. The highest BCUT2D eigenvalue weighted by molar-refractivity contribution is 8.76.